The van der Waals surface area contributed by atoms with Gasteiger partial charge in [-0.05, 0) is 54.8 Å². The third-order valence-electron chi connectivity index (χ3n) is 5.74. The Balaban J connectivity index is 1.35. The number of nitrogens with zero attached hydrogens (tertiary/aromatic N) is 3. The fraction of sp³-hybridized carbons (Fsp3) is 0.304. The van der Waals surface area contributed by atoms with Gasteiger partial charge in [-0.1, -0.05) is 23.7 Å². The van der Waals surface area contributed by atoms with Crippen molar-refractivity contribution in [3.8, 4) is 5.75 Å². The number of aromatic nitrogens is 2. The first-order valence-corrected chi connectivity index (χ1v) is 12.4. The average Bonchev–Trinajstić information content (AvgIpc) is 3.27. The number of benzene rings is 2. The van der Waals surface area contributed by atoms with Crippen LogP contribution in [0.2, 0.25) is 5.02 Å². The number of amides is 1. The van der Waals surface area contributed by atoms with E-state index in [1.165, 1.54) is 23.5 Å². The van der Waals surface area contributed by atoms with E-state index in [0.717, 1.165) is 5.56 Å². The second-order valence-electron chi connectivity index (χ2n) is 7.84. The van der Waals surface area contributed by atoms with E-state index in [4.69, 9.17) is 16.3 Å². The highest BCUT2D eigenvalue weighted by molar-refractivity contribution is 7.89. The van der Waals surface area contributed by atoms with E-state index in [1.54, 1.807) is 29.1 Å². The zero-order valence-corrected chi connectivity index (χ0v) is 19.7. The van der Waals surface area contributed by atoms with Crippen LogP contribution in [0.25, 0.3) is 0 Å². The molecule has 174 valence electrons. The van der Waals surface area contributed by atoms with Crippen LogP contribution < -0.4 is 10.1 Å². The number of ether oxygens (including phenoxy) is 1. The van der Waals surface area contributed by atoms with Gasteiger partial charge < -0.3 is 10.1 Å². The van der Waals surface area contributed by atoms with Crippen LogP contribution in [0.5, 0.6) is 5.75 Å². The molecule has 1 aromatic heterocycles. The lowest BCUT2D eigenvalue weighted by molar-refractivity contribution is -0.121. The van der Waals surface area contributed by atoms with Crippen LogP contribution >= 0.6 is 11.6 Å². The van der Waals surface area contributed by atoms with Crippen molar-refractivity contribution in [1.82, 2.24) is 14.1 Å². The van der Waals surface area contributed by atoms with Crippen LogP contribution in [-0.4, -0.2) is 48.6 Å². The van der Waals surface area contributed by atoms with Gasteiger partial charge in [-0.2, -0.15) is 9.40 Å². The molecule has 1 amide bonds. The maximum atomic E-state index is 12.9. The van der Waals surface area contributed by atoms with Gasteiger partial charge in [0, 0.05) is 30.1 Å². The number of anilines is 1. The van der Waals surface area contributed by atoms with Crippen molar-refractivity contribution in [1.29, 1.82) is 0 Å². The number of methoxy groups -OCH3 is 1. The minimum Gasteiger partial charge on any atom is -0.497 e. The summed E-state index contributed by atoms with van der Waals surface area (Å²) in [5.41, 5.74) is 1.01. The number of piperidine rings is 1. The molecule has 2 aromatic carbocycles. The zero-order chi connectivity index (χ0) is 23.4. The fourth-order valence-electron chi connectivity index (χ4n) is 3.81. The summed E-state index contributed by atoms with van der Waals surface area (Å²) in [6.45, 7) is 1.07. The summed E-state index contributed by atoms with van der Waals surface area (Å²) in [5.74, 6) is 0.795. The molecule has 8 nitrogen and oxygen atoms in total. The van der Waals surface area contributed by atoms with Gasteiger partial charge in [-0.15, -0.1) is 0 Å². The summed E-state index contributed by atoms with van der Waals surface area (Å²) in [4.78, 5) is 13.1. The molecule has 0 aliphatic carbocycles. The van der Waals surface area contributed by atoms with Crippen molar-refractivity contribution in [3.63, 3.8) is 0 Å². The molecule has 0 unspecified atom stereocenters. The predicted molar refractivity (Wildman–Crippen MR) is 126 cm³/mol. The summed E-state index contributed by atoms with van der Waals surface area (Å²) in [6.07, 6.45) is 2.54. The first-order valence-electron chi connectivity index (χ1n) is 10.6. The van der Waals surface area contributed by atoms with E-state index in [9.17, 15) is 13.2 Å². The number of hydrogen-bond donors (Lipinski definition) is 1. The van der Waals surface area contributed by atoms with E-state index in [1.807, 2.05) is 24.3 Å². The number of halogens is 1. The number of nitrogens with one attached hydrogen (secondary N) is 1. The van der Waals surface area contributed by atoms with Crippen LogP contribution in [-0.2, 0) is 21.4 Å². The van der Waals surface area contributed by atoms with Crippen LogP contribution in [0.15, 0.2) is 65.7 Å². The Morgan fingerprint density at radius 1 is 1.09 bits per heavy atom. The first-order chi connectivity index (χ1) is 15.9. The highest BCUT2D eigenvalue weighted by Gasteiger charge is 2.32. The number of hydrogen-bond acceptors (Lipinski definition) is 5. The molecule has 1 fully saturated rings. The zero-order valence-electron chi connectivity index (χ0n) is 18.1. The standard InChI is InChI=1S/C23H25ClN4O4S/c1-32-20-6-8-21(9-7-20)33(30,31)27-14-11-18(12-15-27)23(29)26-22-10-13-25-28(22)16-17-2-4-19(24)5-3-17/h2-10,13,18H,11-12,14-16H2,1H3,(H,26,29). The normalized spacial score (nSPS) is 15.3. The predicted octanol–water partition coefficient (Wildman–Crippen LogP) is 3.63. The Morgan fingerprint density at radius 2 is 1.76 bits per heavy atom. The molecule has 1 N–H and O–H groups in total. The van der Waals surface area contributed by atoms with E-state index in [0.29, 0.717) is 36.0 Å². The molecule has 0 bridgehead atoms. The molecule has 3 aromatic rings. The highest BCUT2D eigenvalue weighted by atomic mass is 35.5. The number of rotatable bonds is 7. The van der Waals surface area contributed by atoms with Gasteiger partial charge in [-0.25, -0.2) is 13.1 Å². The Kier molecular flexibility index (Phi) is 7.02. The largest absolute Gasteiger partial charge is 0.497 e. The second-order valence-corrected chi connectivity index (χ2v) is 10.2. The molecule has 10 heteroatoms. The van der Waals surface area contributed by atoms with E-state index in [2.05, 4.69) is 10.4 Å². The molecular formula is C23H25ClN4O4S. The maximum absolute atomic E-state index is 12.9. The summed E-state index contributed by atoms with van der Waals surface area (Å²) in [5, 5.41) is 7.90. The first kappa shape index (κ1) is 23.3. The Morgan fingerprint density at radius 3 is 2.39 bits per heavy atom. The van der Waals surface area contributed by atoms with Crippen LogP contribution in [0, 0.1) is 5.92 Å². The Bertz CT molecular complexity index is 1200. The molecule has 33 heavy (non-hydrogen) atoms. The van der Waals surface area contributed by atoms with Crippen molar-refractivity contribution < 1.29 is 17.9 Å². The molecule has 1 saturated heterocycles. The smallest absolute Gasteiger partial charge is 0.243 e. The molecule has 4 rings (SSSR count). The quantitative estimate of drug-likeness (QED) is 0.548. The Hall–Kier alpha value is -2.88. The second kappa shape index (κ2) is 9.94. The number of carbonyl (C=O) groups excluding carboxylic acids is 1. The maximum Gasteiger partial charge on any atom is 0.243 e. The van der Waals surface area contributed by atoms with E-state index in [-0.39, 0.29) is 29.8 Å². The summed E-state index contributed by atoms with van der Waals surface area (Å²) in [6, 6.07) is 15.5. The highest BCUT2D eigenvalue weighted by Crippen LogP contribution is 2.26. The molecule has 1 aliphatic heterocycles. The van der Waals surface area contributed by atoms with Gasteiger partial charge in [0.25, 0.3) is 0 Å². The number of carbonyl (C=O) groups is 1. The van der Waals surface area contributed by atoms with Crippen molar-refractivity contribution in [2.75, 3.05) is 25.5 Å². The van der Waals surface area contributed by atoms with Gasteiger partial charge in [0.15, 0.2) is 0 Å². The third kappa shape index (κ3) is 5.38. The van der Waals surface area contributed by atoms with Gasteiger partial charge >= 0.3 is 0 Å². The molecule has 2 heterocycles. The third-order valence-corrected chi connectivity index (χ3v) is 7.90. The van der Waals surface area contributed by atoms with E-state index >= 15 is 0 Å². The van der Waals surface area contributed by atoms with Crippen LogP contribution in [0.3, 0.4) is 0 Å². The molecule has 0 saturated carbocycles. The van der Waals surface area contributed by atoms with Crippen molar-refractivity contribution >= 4 is 33.3 Å². The fourth-order valence-corrected chi connectivity index (χ4v) is 5.41. The molecule has 0 spiro atoms. The summed E-state index contributed by atoms with van der Waals surface area (Å²) < 4.78 is 34.1. The minimum atomic E-state index is -3.61. The van der Waals surface area contributed by atoms with Gasteiger partial charge in [0.05, 0.1) is 24.7 Å². The van der Waals surface area contributed by atoms with Crippen molar-refractivity contribution in [2.45, 2.75) is 24.3 Å². The van der Waals surface area contributed by atoms with Crippen molar-refractivity contribution in [2.24, 2.45) is 5.92 Å². The monoisotopic (exact) mass is 488 g/mol. The molecule has 0 radical (unpaired) electrons. The van der Waals surface area contributed by atoms with Crippen LogP contribution in [0.1, 0.15) is 18.4 Å². The van der Waals surface area contributed by atoms with Crippen LogP contribution in [0.4, 0.5) is 5.82 Å². The lowest BCUT2D eigenvalue weighted by Crippen LogP contribution is -2.41. The Labute approximate surface area is 198 Å². The lowest BCUT2D eigenvalue weighted by Gasteiger charge is -2.30. The SMILES string of the molecule is COc1ccc(S(=O)(=O)N2CCC(C(=O)Nc3ccnn3Cc3ccc(Cl)cc3)CC2)cc1. The number of sulfonamides is 1. The summed E-state index contributed by atoms with van der Waals surface area (Å²) in [7, 11) is -2.08. The minimum absolute atomic E-state index is 0.130. The van der Waals surface area contributed by atoms with E-state index < -0.39 is 10.0 Å². The van der Waals surface area contributed by atoms with Gasteiger partial charge in [0.2, 0.25) is 15.9 Å². The van der Waals surface area contributed by atoms with Crippen molar-refractivity contribution in [3.05, 3.63) is 71.4 Å². The lowest BCUT2D eigenvalue weighted by atomic mass is 9.97. The average molecular weight is 489 g/mol. The molecular weight excluding hydrogens is 464 g/mol. The summed E-state index contributed by atoms with van der Waals surface area (Å²) >= 11 is 5.94. The molecule has 0 atom stereocenters. The van der Waals surface area contributed by atoms with Gasteiger partial charge in [-0.3, -0.25) is 4.79 Å². The molecule has 1 aliphatic rings. The topological polar surface area (TPSA) is 93.5 Å². The van der Waals surface area contributed by atoms with Gasteiger partial charge in [0.1, 0.15) is 11.6 Å².